The molecule has 4 nitrogen and oxygen atoms in total. The van der Waals surface area contributed by atoms with Gasteiger partial charge in [-0.3, -0.25) is 4.79 Å². The maximum absolute atomic E-state index is 12.1. The van der Waals surface area contributed by atoms with E-state index in [1.807, 2.05) is 32.9 Å². The second-order valence-electron chi connectivity index (χ2n) is 5.19. The van der Waals surface area contributed by atoms with Gasteiger partial charge in [-0.05, 0) is 39.3 Å². The molecule has 0 bridgehead atoms. The van der Waals surface area contributed by atoms with Crippen LogP contribution < -0.4 is 0 Å². The molecule has 94 valence electrons. The highest BCUT2D eigenvalue weighted by atomic mass is 16.3. The lowest BCUT2D eigenvalue weighted by atomic mass is 9.98. The van der Waals surface area contributed by atoms with E-state index in [4.69, 9.17) is 4.42 Å². The summed E-state index contributed by atoms with van der Waals surface area (Å²) in [6.45, 7) is 6.27. The molecule has 1 aliphatic rings. The summed E-state index contributed by atoms with van der Waals surface area (Å²) in [6, 6.07) is 3.68. The van der Waals surface area contributed by atoms with Crippen LogP contribution >= 0.6 is 0 Å². The monoisotopic (exact) mass is 237 g/mol. The van der Waals surface area contributed by atoms with Crippen molar-refractivity contribution in [2.24, 2.45) is 0 Å². The van der Waals surface area contributed by atoms with Gasteiger partial charge in [-0.15, -0.1) is 0 Å². The molecule has 4 heteroatoms. The van der Waals surface area contributed by atoms with Crippen LogP contribution in [0, 0.1) is 6.92 Å². The highest BCUT2D eigenvalue weighted by Gasteiger charge is 2.42. The Morgan fingerprint density at radius 1 is 1.59 bits per heavy atom. The van der Waals surface area contributed by atoms with E-state index in [0.29, 0.717) is 18.7 Å². The van der Waals surface area contributed by atoms with Gasteiger partial charge in [-0.2, -0.15) is 0 Å². The molecule has 1 saturated heterocycles. The molecule has 1 unspecified atom stereocenters. The maximum Gasteiger partial charge on any atom is 0.230 e. The van der Waals surface area contributed by atoms with Gasteiger partial charge in [0.05, 0.1) is 18.1 Å². The van der Waals surface area contributed by atoms with Gasteiger partial charge in [0.1, 0.15) is 11.5 Å². The van der Waals surface area contributed by atoms with Gasteiger partial charge in [-0.1, -0.05) is 0 Å². The average molecular weight is 237 g/mol. The van der Waals surface area contributed by atoms with E-state index in [1.165, 1.54) is 0 Å². The Labute approximate surface area is 101 Å². The lowest BCUT2D eigenvalue weighted by Gasteiger charge is -2.33. The van der Waals surface area contributed by atoms with Crippen molar-refractivity contribution in [1.82, 2.24) is 4.90 Å². The van der Waals surface area contributed by atoms with Crippen molar-refractivity contribution >= 4 is 5.91 Å². The number of carbonyl (C=O) groups excluding carboxylic acids is 1. The minimum absolute atomic E-state index is 0.0147. The van der Waals surface area contributed by atoms with Crippen LogP contribution in [0.1, 0.15) is 31.8 Å². The number of aliphatic hydroxyl groups is 1. The quantitative estimate of drug-likeness (QED) is 0.848. The number of rotatable bonds is 2. The summed E-state index contributed by atoms with van der Waals surface area (Å²) < 4.78 is 5.40. The highest BCUT2D eigenvalue weighted by Crippen LogP contribution is 2.29. The number of likely N-dealkylation sites (tertiary alicyclic amines) is 1. The molecule has 1 amide bonds. The summed E-state index contributed by atoms with van der Waals surface area (Å²) in [5.74, 6) is 1.51. The third-order valence-electron chi connectivity index (χ3n) is 3.56. The molecule has 0 aromatic carbocycles. The summed E-state index contributed by atoms with van der Waals surface area (Å²) in [6.07, 6.45) is 0.477. The zero-order valence-electron chi connectivity index (χ0n) is 10.6. The van der Waals surface area contributed by atoms with Gasteiger partial charge in [0, 0.05) is 6.54 Å². The van der Waals surface area contributed by atoms with Gasteiger partial charge >= 0.3 is 0 Å². The van der Waals surface area contributed by atoms with Crippen LogP contribution in [0.5, 0.6) is 0 Å². The number of aryl methyl sites for hydroxylation is 1. The Morgan fingerprint density at radius 3 is 2.76 bits per heavy atom. The number of carbonyl (C=O) groups is 1. The highest BCUT2D eigenvalue weighted by molar-refractivity contribution is 5.79. The third kappa shape index (κ3) is 2.22. The van der Waals surface area contributed by atoms with Gasteiger partial charge in [-0.25, -0.2) is 0 Å². The van der Waals surface area contributed by atoms with Crippen molar-refractivity contribution in [1.29, 1.82) is 0 Å². The fraction of sp³-hybridized carbons (Fsp3) is 0.615. The molecule has 1 fully saturated rings. The van der Waals surface area contributed by atoms with E-state index in [1.54, 1.807) is 4.90 Å². The van der Waals surface area contributed by atoms with E-state index in [2.05, 4.69) is 0 Å². The number of amides is 1. The van der Waals surface area contributed by atoms with Gasteiger partial charge in [0.2, 0.25) is 5.91 Å². The number of hydrogen-bond acceptors (Lipinski definition) is 3. The number of nitrogens with zero attached hydrogens (tertiary/aromatic N) is 1. The molecule has 1 N–H and O–H groups in total. The first kappa shape index (κ1) is 12.2. The molecule has 2 rings (SSSR count). The second kappa shape index (κ2) is 4.18. The predicted molar refractivity (Wildman–Crippen MR) is 63.6 cm³/mol. The third-order valence-corrected chi connectivity index (χ3v) is 3.56. The number of aliphatic hydroxyl groups excluding tert-OH is 1. The molecule has 0 saturated carbocycles. The lowest BCUT2D eigenvalue weighted by molar-refractivity contribution is -0.135. The fourth-order valence-electron chi connectivity index (χ4n) is 2.34. The predicted octanol–water partition coefficient (Wildman–Crippen LogP) is 1.50. The van der Waals surface area contributed by atoms with Crippen LogP contribution in [0.2, 0.25) is 0 Å². The molecule has 0 radical (unpaired) electrons. The summed E-state index contributed by atoms with van der Waals surface area (Å²) in [7, 11) is 0. The Bertz CT molecular complexity index is 422. The molecule has 0 aliphatic carbocycles. The Kier molecular flexibility index (Phi) is 3.00. The van der Waals surface area contributed by atoms with Crippen molar-refractivity contribution < 1.29 is 14.3 Å². The largest absolute Gasteiger partial charge is 0.466 e. The maximum atomic E-state index is 12.1. The Morgan fingerprint density at radius 2 is 2.29 bits per heavy atom. The zero-order chi connectivity index (χ0) is 12.6. The van der Waals surface area contributed by atoms with Crippen LogP contribution in [-0.2, 0) is 11.2 Å². The molecule has 1 atom stereocenters. The van der Waals surface area contributed by atoms with Gasteiger partial charge < -0.3 is 14.4 Å². The fourth-order valence-corrected chi connectivity index (χ4v) is 2.34. The van der Waals surface area contributed by atoms with Crippen LogP contribution in [-0.4, -0.2) is 34.1 Å². The SMILES string of the molecule is Cc1ccc(CC(=O)N2CCC(O)C2(C)C)o1. The molecule has 1 aliphatic heterocycles. The van der Waals surface area contributed by atoms with Crippen molar-refractivity contribution in [2.75, 3.05) is 6.54 Å². The standard InChI is InChI=1S/C13H19NO3/c1-9-4-5-10(17-9)8-12(16)14-7-6-11(15)13(14,2)3/h4-5,11,15H,6-8H2,1-3H3. The lowest BCUT2D eigenvalue weighted by Crippen LogP contribution is -2.48. The van der Waals surface area contributed by atoms with Crippen LogP contribution in [0.25, 0.3) is 0 Å². The van der Waals surface area contributed by atoms with Crippen molar-refractivity contribution in [2.45, 2.75) is 45.3 Å². The molecule has 2 heterocycles. The first-order valence-electron chi connectivity index (χ1n) is 5.95. The van der Waals surface area contributed by atoms with Crippen molar-refractivity contribution in [3.05, 3.63) is 23.7 Å². The average Bonchev–Trinajstić information content (AvgIpc) is 2.73. The summed E-state index contributed by atoms with van der Waals surface area (Å²) in [5.41, 5.74) is -0.473. The minimum Gasteiger partial charge on any atom is -0.466 e. The van der Waals surface area contributed by atoms with E-state index in [0.717, 1.165) is 5.76 Å². The Hall–Kier alpha value is -1.29. The summed E-state index contributed by atoms with van der Waals surface area (Å²) in [5, 5.41) is 9.83. The molecule has 0 spiro atoms. The van der Waals surface area contributed by atoms with Crippen LogP contribution in [0.15, 0.2) is 16.5 Å². The smallest absolute Gasteiger partial charge is 0.230 e. The van der Waals surface area contributed by atoms with Crippen LogP contribution in [0.4, 0.5) is 0 Å². The van der Waals surface area contributed by atoms with E-state index in [9.17, 15) is 9.90 Å². The van der Waals surface area contributed by atoms with Crippen molar-refractivity contribution in [3.63, 3.8) is 0 Å². The van der Waals surface area contributed by atoms with Crippen LogP contribution in [0.3, 0.4) is 0 Å². The summed E-state index contributed by atoms with van der Waals surface area (Å²) >= 11 is 0. The zero-order valence-corrected chi connectivity index (χ0v) is 10.6. The number of furan rings is 1. The summed E-state index contributed by atoms with van der Waals surface area (Å²) in [4.78, 5) is 13.9. The van der Waals surface area contributed by atoms with E-state index >= 15 is 0 Å². The number of hydrogen-bond donors (Lipinski definition) is 1. The van der Waals surface area contributed by atoms with E-state index in [-0.39, 0.29) is 12.3 Å². The normalized spacial score (nSPS) is 23.1. The topological polar surface area (TPSA) is 53.7 Å². The molecule has 1 aromatic rings. The molecular weight excluding hydrogens is 218 g/mol. The molecule has 1 aromatic heterocycles. The first-order valence-corrected chi connectivity index (χ1v) is 5.95. The van der Waals surface area contributed by atoms with Gasteiger partial charge in [0.25, 0.3) is 0 Å². The molecular formula is C13H19NO3. The first-order chi connectivity index (χ1) is 7.91. The minimum atomic E-state index is -0.473. The van der Waals surface area contributed by atoms with Gasteiger partial charge in [0.15, 0.2) is 0 Å². The van der Waals surface area contributed by atoms with Crippen molar-refractivity contribution in [3.8, 4) is 0 Å². The molecule has 17 heavy (non-hydrogen) atoms. The Balaban J connectivity index is 2.06. The van der Waals surface area contributed by atoms with E-state index < -0.39 is 11.6 Å². The second-order valence-corrected chi connectivity index (χ2v) is 5.19.